The Labute approximate surface area is 180 Å². The lowest BCUT2D eigenvalue weighted by Crippen LogP contribution is -2.40. The number of aromatic nitrogens is 2. The summed E-state index contributed by atoms with van der Waals surface area (Å²) in [5.74, 6) is 0. The van der Waals surface area contributed by atoms with Crippen LogP contribution >= 0.6 is 11.6 Å². The van der Waals surface area contributed by atoms with Crippen molar-refractivity contribution in [2.45, 2.75) is 24.3 Å². The third-order valence-corrected chi connectivity index (χ3v) is 6.85. The van der Waals surface area contributed by atoms with Crippen LogP contribution in [0.5, 0.6) is 0 Å². The van der Waals surface area contributed by atoms with Gasteiger partial charge in [-0.15, -0.1) is 0 Å². The highest BCUT2D eigenvalue weighted by Gasteiger charge is 2.17. The molecule has 0 spiro atoms. The highest BCUT2D eigenvalue weighted by atomic mass is 35.5. The van der Waals surface area contributed by atoms with Gasteiger partial charge in [0, 0.05) is 52.5 Å². The molecule has 0 aliphatic carbocycles. The van der Waals surface area contributed by atoms with E-state index in [0.29, 0.717) is 11.6 Å². The highest BCUT2D eigenvalue weighted by Crippen LogP contribution is 2.22. The zero-order valence-corrected chi connectivity index (χ0v) is 18.1. The molecule has 3 N–H and O–H groups in total. The van der Waals surface area contributed by atoms with Gasteiger partial charge >= 0.3 is 0 Å². The molecule has 0 aliphatic heterocycles. The Morgan fingerprint density at radius 3 is 2.87 bits per heavy atom. The molecular weight excluding hydrogens is 420 g/mol. The topological polar surface area (TPSA) is 86.9 Å². The van der Waals surface area contributed by atoms with E-state index in [-0.39, 0.29) is 10.9 Å². The fourth-order valence-electron chi connectivity index (χ4n) is 3.50. The number of fused-ring (bicyclic) bond motifs is 2. The first-order valence-electron chi connectivity index (χ1n) is 9.75. The number of benzene rings is 2. The van der Waals surface area contributed by atoms with Crippen molar-refractivity contribution in [2.24, 2.45) is 0 Å². The molecule has 4 rings (SSSR count). The van der Waals surface area contributed by atoms with Crippen LogP contribution < -0.4 is 10.0 Å². The molecule has 0 unspecified atom stereocenters. The van der Waals surface area contributed by atoms with E-state index in [1.165, 1.54) is 5.56 Å². The van der Waals surface area contributed by atoms with Gasteiger partial charge in [0.15, 0.2) is 0 Å². The van der Waals surface area contributed by atoms with Gasteiger partial charge in [0.1, 0.15) is 0 Å². The van der Waals surface area contributed by atoms with Crippen LogP contribution in [-0.2, 0) is 16.4 Å². The standard InChI is InChI=1S/C22H23ClN4O2S/c1-15(12-24-9-7-18-14-26-22-5-3-19(23)11-21(18)22)27-30(28,29)20-4-2-17-13-25-8-6-16(17)10-20/h2-6,8,10-11,13-15,24,26-27H,7,9,12H2,1H3/t15-/m1/s1. The number of hydrogen-bond acceptors (Lipinski definition) is 4. The monoisotopic (exact) mass is 442 g/mol. The van der Waals surface area contributed by atoms with Crippen LogP contribution in [0.1, 0.15) is 12.5 Å². The van der Waals surface area contributed by atoms with E-state index in [0.717, 1.165) is 34.6 Å². The van der Waals surface area contributed by atoms with E-state index < -0.39 is 10.0 Å². The van der Waals surface area contributed by atoms with Gasteiger partial charge in [-0.25, -0.2) is 13.1 Å². The quantitative estimate of drug-likeness (QED) is 0.361. The second kappa shape index (κ2) is 8.73. The lowest BCUT2D eigenvalue weighted by molar-refractivity contribution is 0.537. The molecule has 8 heteroatoms. The zero-order valence-electron chi connectivity index (χ0n) is 16.5. The summed E-state index contributed by atoms with van der Waals surface area (Å²) in [5.41, 5.74) is 2.24. The first-order valence-corrected chi connectivity index (χ1v) is 11.6. The first-order chi connectivity index (χ1) is 14.4. The van der Waals surface area contributed by atoms with E-state index in [9.17, 15) is 8.42 Å². The molecule has 4 aromatic rings. The summed E-state index contributed by atoms with van der Waals surface area (Å²) in [6.45, 7) is 3.11. The summed E-state index contributed by atoms with van der Waals surface area (Å²) < 4.78 is 28.2. The summed E-state index contributed by atoms with van der Waals surface area (Å²) in [4.78, 5) is 7.55. The fraction of sp³-hybridized carbons (Fsp3) is 0.227. The Balaban J connectivity index is 1.32. The molecule has 0 fully saturated rings. The molecule has 0 aliphatic rings. The smallest absolute Gasteiger partial charge is 0.240 e. The maximum Gasteiger partial charge on any atom is 0.240 e. The Morgan fingerprint density at radius 1 is 1.13 bits per heavy atom. The number of rotatable bonds is 8. The Morgan fingerprint density at radius 2 is 2.00 bits per heavy atom. The maximum atomic E-state index is 12.7. The van der Waals surface area contributed by atoms with Crippen molar-refractivity contribution in [3.05, 3.63) is 71.6 Å². The van der Waals surface area contributed by atoms with Crippen LogP contribution in [-0.4, -0.2) is 37.5 Å². The minimum atomic E-state index is -3.59. The van der Waals surface area contributed by atoms with E-state index >= 15 is 0 Å². The van der Waals surface area contributed by atoms with Crippen LogP contribution in [0.15, 0.2) is 66.0 Å². The van der Waals surface area contributed by atoms with Gasteiger partial charge in [-0.3, -0.25) is 4.98 Å². The molecule has 0 saturated heterocycles. The Bertz CT molecular complexity index is 1290. The van der Waals surface area contributed by atoms with Gasteiger partial charge in [-0.05, 0) is 67.2 Å². The van der Waals surface area contributed by atoms with Gasteiger partial charge in [-0.2, -0.15) is 0 Å². The van der Waals surface area contributed by atoms with E-state index in [2.05, 4.69) is 20.0 Å². The summed E-state index contributed by atoms with van der Waals surface area (Å²) in [7, 11) is -3.59. The zero-order chi connectivity index (χ0) is 21.1. The lowest BCUT2D eigenvalue weighted by atomic mass is 10.1. The number of pyridine rings is 1. The molecule has 0 amide bonds. The van der Waals surface area contributed by atoms with E-state index in [1.807, 2.05) is 31.3 Å². The Kier molecular flexibility index (Phi) is 6.06. The Hall–Kier alpha value is -2.45. The third-order valence-electron chi connectivity index (χ3n) is 5.03. The largest absolute Gasteiger partial charge is 0.361 e. The number of aromatic amines is 1. The molecule has 1 atom stereocenters. The van der Waals surface area contributed by atoms with Crippen molar-refractivity contribution in [1.82, 2.24) is 20.0 Å². The van der Waals surface area contributed by atoms with Crippen molar-refractivity contribution in [1.29, 1.82) is 0 Å². The number of halogens is 1. The first kappa shape index (κ1) is 20.8. The van der Waals surface area contributed by atoms with Crippen LogP contribution in [0, 0.1) is 0 Å². The van der Waals surface area contributed by atoms with Gasteiger partial charge in [0.2, 0.25) is 10.0 Å². The predicted molar refractivity (Wildman–Crippen MR) is 121 cm³/mol. The van der Waals surface area contributed by atoms with Gasteiger partial charge < -0.3 is 10.3 Å². The van der Waals surface area contributed by atoms with E-state index in [4.69, 9.17) is 11.6 Å². The van der Waals surface area contributed by atoms with E-state index in [1.54, 1.807) is 36.7 Å². The second-order valence-electron chi connectivity index (χ2n) is 7.36. The number of nitrogens with zero attached hydrogens (tertiary/aromatic N) is 1. The van der Waals surface area contributed by atoms with Crippen LogP contribution in [0.25, 0.3) is 21.7 Å². The number of sulfonamides is 1. The van der Waals surface area contributed by atoms with Gasteiger partial charge in [0.05, 0.1) is 4.90 Å². The average Bonchev–Trinajstić information content (AvgIpc) is 3.12. The van der Waals surface area contributed by atoms with Gasteiger partial charge in [-0.1, -0.05) is 17.7 Å². The van der Waals surface area contributed by atoms with Crippen LogP contribution in [0.3, 0.4) is 0 Å². The molecule has 30 heavy (non-hydrogen) atoms. The molecule has 2 aromatic carbocycles. The summed E-state index contributed by atoms with van der Waals surface area (Å²) in [6, 6.07) is 12.4. The number of hydrogen-bond donors (Lipinski definition) is 3. The number of H-pyrrole nitrogens is 1. The average molecular weight is 443 g/mol. The normalized spacial score (nSPS) is 13.1. The SMILES string of the molecule is C[C@H](CNCCc1c[nH]c2ccc(Cl)cc12)NS(=O)(=O)c1ccc2cnccc2c1. The van der Waals surface area contributed by atoms with Crippen molar-refractivity contribution in [3.8, 4) is 0 Å². The summed E-state index contributed by atoms with van der Waals surface area (Å²) >= 11 is 6.10. The summed E-state index contributed by atoms with van der Waals surface area (Å²) in [5, 5.41) is 6.90. The minimum Gasteiger partial charge on any atom is -0.361 e. The lowest BCUT2D eigenvalue weighted by Gasteiger charge is -2.15. The van der Waals surface area contributed by atoms with Crippen molar-refractivity contribution in [2.75, 3.05) is 13.1 Å². The molecule has 2 aromatic heterocycles. The summed E-state index contributed by atoms with van der Waals surface area (Å²) in [6.07, 6.45) is 6.18. The molecule has 0 radical (unpaired) electrons. The molecule has 2 heterocycles. The van der Waals surface area contributed by atoms with Crippen LogP contribution in [0.4, 0.5) is 0 Å². The van der Waals surface area contributed by atoms with Crippen molar-refractivity contribution >= 4 is 43.3 Å². The third kappa shape index (κ3) is 4.65. The molecule has 156 valence electrons. The highest BCUT2D eigenvalue weighted by molar-refractivity contribution is 7.89. The molecule has 0 bridgehead atoms. The minimum absolute atomic E-state index is 0.249. The predicted octanol–water partition coefficient (Wildman–Crippen LogP) is 3.87. The molecule has 0 saturated carbocycles. The van der Waals surface area contributed by atoms with Gasteiger partial charge in [0.25, 0.3) is 0 Å². The molecule has 6 nitrogen and oxygen atoms in total. The fourth-order valence-corrected chi connectivity index (χ4v) is 4.95. The second-order valence-corrected chi connectivity index (χ2v) is 9.52. The molecular formula is C22H23ClN4O2S. The van der Waals surface area contributed by atoms with Crippen LogP contribution in [0.2, 0.25) is 5.02 Å². The van der Waals surface area contributed by atoms with Crippen molar-refractivity contribution < 1.29 is 8.42 Å². The maximum absolute atomic E-state index is 12.7. The van der Waals surface area contributed by atoms with Crippen molar-refractivity contribution in [3.63, 3.8) is 0 Å². The number of nitrogens with one attached hydrogen (secondary N) is 3.